The lowest BCUT2D eigenvalue weighted by molar-refractivity contribution is 0.343. The highest BCUT2D eigenvalue weighted by Gasteiger charge is 2.17. The largest absolute Gasteiger partial charge is 0.497 e. The molecule has 0 radical (unpaired) electrons. The van der Waals surface area contributed by atoms with Crippen molar-refractivity contribution < 1.29 is 18.6 Å². The molecule has 5 nitrogen and oxygen atoms in total. The Hall–Kier alpha value is -3.02. The number of ether oxygens (including phenoxy) is 3. The molecule has 1 aromatic heterocycles. The molecule has 0 fully saturated rings. The van der Waals surface area contributed by atoms with Crippen LogP contribution in [0.15, 0.2) is 41.3 Å². The van der Waals surface area contributed by atoms with Crippen LogP contribution in [0.3, 0.4) is 0 Å². The number of pyridine rings is 1. The van der Waals surface area contributed by atoms with E-state index in [-0.39, 0.29) is 5.39 Å². The maximum absolute atomic E-state index is 14.3. The first-order valence-corrected chi connectivity index (χ1v) is 7.79. The van der Waals surface area contributed by atoms with E-state index in [0.717, 1.165) is 0 Å². The van der Waals surface area contributed by atoms with Gasteiger partial charge in [0.1, 0.15) is 23.1 Å². The molecule has 1 N–H and O–H groups in total. The number of hydrogen-bond acceptors (Lipinski definition) is 4. The van der Waals surface area contributed by atoms with Gasteiger partial charge in [0.05, 0.1) is 31.7 Å². The molecule has 0 amide bonds. The molecule has 1 heterocycles. The predicted octanol–water partition coefficient (Wildman–Crippen LogP) is 3.75. The number of halogens is 1. The van der Waals surface area contributed by atoms with Crippen molar-refractivity contribution in [1.82, 2.24) is 4.98 Å². The average molecular weight is 343 g/mol. The first-order chi connectivity index (χ1) is 12.1. The van der Waals surface area contributed by atoms with E-state index < -0.39 is 11.2 Å². The molecule has 130 valence electrons. The summed E-state index contributed by atoms with van der Waals surface area (Å²) in [5.41, 5.74) is 0.756. The molecule has 0 bridgehead atoms. The van der Waals surface area contributed by atoms with E-state index in [4.69, 9.17) is 14.2 Å². The van der Waals surface area contributed by atoms with Gasteiger partial charge in [-0.15, -0.1) is 0 Å². The SMILES string of the molecule is CCOc1ccc(F)c2c(=O)c(-c3ccc(OC)cc3OC)c[nH]c12. The Labute approximate surface area is 144 Å². The topological polar surface area (TPSA) is 60.6 Å². The van der Waals surface area contributed by atoms with E-state index in [2.05, 4.69) is 4.98 Å². The first kappa shape index (κ1) is 16.8. The van der Waals surface area contributed by atoms with E-state index >= 15 is 0 Å². The minimum absolute atomic E-state index is 0.0404. The summed E-state index contributed by atoms with van der Waals surface area (Å²) in [7, 11) is 3.04. The molecule has 25 heavy (non-hydrogen) atoms. The van der Waals surface area contributed by atoms with Crippen LogP contribution < -0.4 is 19.6 Å². The number of hydrogen-bond donors (Lipinski definition) is 1. The van der Waals surface area contributed by atoms with Crippen molar-refractivity contribution >= 4 is 10.9 Å². The zero-order valence-electron chi connectivity index (χ0n) is 14.2. The average Bonchev–Trinajstić information content (AvgIpc) is 2.64. The van der Waals surface area contributed by atoms with Crippen LogP contribution in [0.25, 0.3) is 22.0 Å². The van der Waals surface area contributed by atoms with Gasteiger partial charge < -0.3 is 19.2 Å². The van der Waals surface area contributed by atoms with E-state index in [1.165, 1.54) is 25.4 Å². The van der Waals surface area contributed by atoms with Gasteiger partial charge in [0.25, 0.3) is 0 Å². The fraction of sp³-hybridized carbons (Fsp3) is 0.211. The Kier molecular flexibility index (Phi) is 4.61. The van der Waals surface area contributed by atoms with Crippen LogP contribution >= 0.6 is 0 Å². The minimum Gasteiger partial charge on any atom is -0.497 e. The summed E-state index contributed by atoms with van der Waals surface area (Å²) >= 11 is 0. The van der Waals surface area contributed by atoms with Crippen LogP contribution in [0.1, 0.15) is 6.92 Å². The number of aromatic nitrogens is 1. The standard InChI is InChI=1S/C19H18FNO4/c1-4-25-15-8-7-14(20)17-18(15)21-10-13(19(17)22)12-6-5-11(23-2)9-16(12)24-3/h5-10H,4H2,1-3H3,(H,21,22). The second kappa shape index (κ2) is 6.84. The Bertz CT molecular complexity index is 981. The van der Waals surface area contributed by atoms with Crippen LogP contribution in [-0.4, -0.2) is 25.8 Å². The fourth-order valence-corrected chi connectivity index (χ4v) is 2.76. The van der Waals surface area contributed by atoms with E-state index in [1.54, 1.807) is 25.3 Å². The normalized spacial score (nSPS) is 10.7. The highest BCUT2D eigenvalue weighted by Crippen LogP contribution is 2.33. The third-order valence-electron chi connectivity index (χ3n) is 3.95. The number of methoxy groups -OCH3 is 2. The predicted molar refractivity (Wildman–Crippen MR) is 94.2 cm³/mol. The van der Waals surface area contributed by atoms with Crippen molar-refractivity contribution in [2.24, 2.45) is 0 Å². The Balaban J connectivity index is 2.28. The monoisotopic (exact) mass is 343 g/mol. The van der Waals surface area contributed by atoms with Gasteiger partial charge in [-0.3, -0.25) is 4.79 Å². The summed E-state index contributed by atoms with van der Waals surface area (Å²) in [6.07, 6.45) is 1.54. The number of benzene rings is 2. The summed E-state index contributed by atoms with van der Waals surface area (Å²) in [5.74, 6) is 0.895. The Morgan fingerprint density at radius 1 is 1.04 bits per heavy atom. The number of rotatable bonds is 5. The van der Waals surface area contributed by atoms with Crippen LogP contribution in [0, 0.1) is 5.82 Å². The number of fused-ring (bicyclic) bond motifs is 1. The molecule has 0 unspecified atom stereocenters. The van der Waals surface area contributed by atoms with Crippen molar-refractivity contribution in [1.29, 1.82) is 0 Å². The van der Waals surface area contributed by atoms with Gasteiger partial charge in [-0.25, -0.2) is 4.39 Å². The fourth-order valence-electron chi connectivity index (χ4n) is 2.76. The molecule has 0 saturated carbocycles. The van der Waals surface area contributed by atoms with Crippen molar-refractivity contribution in [2.75, 3.05) is 20.8 Å². The molecule has 0 aliphatic heterocycles. The van der Waals surface area contributed by atoms with E-state index in [0.29, 0.717) is 40.5 Å². The number of nitrogens with one attached hydrogen (secondary N) is 1. The van der Waals surface area contributed by atoms with Crippen LogP contribution in [0.5, 0.6) is 17.2 Å². The van der Waals surface area contributed by atoms with Crippen molar-refractivity contribution in [3.05, 3.63) is 52.6 Å². The van der Waals surface area contributed by atoms with Gasteiger partial charge in [0.15, 0.2) is 5.43 Å². The second-order valence-electron chi connectivity index (χ2n) is 5.33. The molecule has 0 atom stereocenters. The first-order valence-electron chi connectivity index (χ1n) is 7.79. The zero-order valence-corrected chi connectivity index (χ0v) is 14.2. The smallest absolute Gasteiger partial charge is 0.200 e. The molecular formula is C19H18FNO4. The molecule has 0 aliphatic carbocycles. The van der Waals surface area contributed by atoms with Crippen molar-refractivity contribution in [2.45, 2.75) is 6.92 Å². The lowest BCUT2D eigenvalue weighted by Gasteiger charge is -2.12. The summed E-state index contributed by atoms with van der Waals surface area (Å²) < 4.78 is 30.3. The van der Waals surface area contributed by atoms with Gasteiger partial charge in [-0.05, 0) is 31.2 Å². The molecule has 6 heteroatoms. The summed E-state index contributed by atoms with van der Waals surface area (Å²) in [5, 5.41) is -0.0404. The lowest BCUT2D eigenvalue weighted by Crippen LogP contribution is -2.10. The highest BCUT2D eigenvalue weighted by molar-refractivity contribution is 5.89. The number of H-pyrrole nitrogens is 1. The third kappa shape index (κ3) is 2.91. The minimum atomic E-state index is -0.603. The summed E-state index contributed by atoms with van der Waals surface area (Å²) in [6, 6.07) is 7.83. The molecule has 0 saturated heterocycles. The van der Waals surface area contributed by atoms with Gasteiger partial charge >= 0.3 is 0 Å². The third-order valence-corrected chi connectivity index (χ3v) is 3.95. The van der Waals surface area contributed by atoms with Gasteiger partial charge in [0, 0.05) is 23.4 Å². The maximum Gasteiger partial charge on any atom is 0.200 e. The molecular weight excluding hydrogens is 325 g/mol. The molecule has 3 rings (SSSR count). The van der Waals surface area contributed by atoms with Crippen molar-refractivity contribution in [3.8, 4) is 28.4 Å². The lowest BCUT2D eigenvalue weighted by atomic mass is 10.0. The van der Waals surface area contributed by atoms with Gasteiger partial charge in [-0.2, -0.15) is 0 Å². The quantitative estimate of drug-likeness (QED) is 0.766. The molecule has 2 aromatic carbocycles. The van der Waals surface area contributed by atoms with Crippen molar-refractivity contribution in [3.63, 3.8) is 0 Å². The highest BCUT2D eigenvalue weighted by atomic mass is 19.1. The second-order valence-corrected chi connectivity index (χ2v) is 5.33. The van der Waals surface area contributed by atoms with Crippen LogP contribution in [-0.2, 0) is 0 Å². The summed E-state index contributed by atoms with van der Waals surface area (Å²) in [4.78, 5) is 15.9. The van der Waals surface area contributed by atoms with Gasteiger partial charge in [-0.1, -0.05) is 0 Å². The Morgan fingerprint density at radius 3 is 2.52 bits per heavy atom. The summed E-state index contributed by atoms with van der Waals surface area (Å²) in [6.45, 7) is 2.24. The Morgan fingerprint density at radius 2 is 1.84 bits per heavy atom. The molecule has 0 spiro atoms. The number of aromatic amines is 1. The molecule has 3 aromatic rings. The van der Waals surface area contributed by atoms with Crippen LogP contribution in [0.4, 0.5) is 4.39 Å². The van der Waals surface area contributed by atoms with E-state index in [1.807, 2.05) is 6.92 Å². The molecule has 0 aliphatic rings. The maximum atomic E-state index is 14.3. The van der Waals surface area contributed by atoms with E-state index in [9.17, 15) is 9.18 Å². The van der Waals surface area contributed by atoms with Gasteiger partial charge in [0.2, 0.25) is 0 Å². The zero-order chi connectivity index (χ0) is 18.0. The van der Waals surface area contributed by atoms with Crippen LogP contribution in [0.2, 0.25) is 0 Å².